The molecule has 4 rings (SSSR count). The second-order valence-electron chi connectivity index (χ2n) is 8.05. The lowest BCUT2D eigenvalue weighted by Crippen LogP contribution is -2.55. The van der Waals surface area contributed by atoms with Gasteiger partial charge in [0, 0.05) is 37.4 Å². The van der Waals surface area contributed by atoms with Crippen LogP contribution >= 0.6 is 0 Å². The monoisotopic (exact) mass is 404 g/mol. The molecule has 4 unspecified atom stereocenters. The van der Waals surface area contributed by atoms with Gasteiger partial charge in [-0.15, -0.1) is 0 Å². The minimum Gasteiger partial charge on any atom is -0.449 e. The Hall–Kier alpha value is -2.39. The minimum absolute atomic E-state index is 0.0403. The zero-order valence-corrected chi connectivity index (χ0v) is 17.0. The summed E-state index contributed by atoms with van der Waals surface area (Å²) >= 11 is 0. The number of fused-ring (bicyclic) bond motifs is 4. The third-order valence-electron chi connectivity index (χ3n) is 6.51. The molecule has 0 aromatic rings. The lowest BCUT2D eigenvalue weighted by atomic mass is 9.82. The number of ether oxygens (including phenoxy) is 2. The summed E-state index contributed by atoms with van der Waals surface area (Å²) in [7, 11) is 1.56. The SMILES string of the molecule is CCCCCNC1=C(C)C(=O)C2=C(C1=O)C(COC(N)=O)C1(OC)C3NC3CN21. The molecular weight excluding hydrogens is 376 g/mol. The summed E-state index contributed by atoms with van der Waals surface area (Å²) in [5.74, 6) is -1.01. The first-order valence-corrected chi connectivity index (χ1v) is 10.2. The molecule has 1 aliphatic carbocycles. The van der Waals surface area contributed by atoms with Crippen LogP contribution in [-0.2, 0) is 19.1 Å². The number of Topliss-reactive ketones (excluding diaryl/α,β-unsaturated/α-hetero) is 2. The quantitative estimate of drug-likeness (QED) is 0.296. The summed E-state index contributed by atoms with van der Waals surface area (Å²) in [6.07, 6.45) is 2.10. The Morgan fingerprint density at radius 2 is 2.10 bits per heavy atom. The van der Waals surface area contributed by atoms with E-state index in [4.69, 9.17) is 15.2 Å². The zero-order valence-electron chi connectivity index (χ0n) is 17.0. The van der Waals surface area contributed by atoms with Gasteiger partial charge in [-0.1, -0.05) is 19.8 Å². The van der Waals surface area contributed by atoms with Gasteiger partial charge in [0.05, 0.1) is 23.4 Å². The average Bonchev–Trinajstić information content (AvgIpc) is 3.30. The number of carbonyl (C=O) groups is 3. The summed E-state index contributed by atoms with van der Waals surface area (Å²) in [6, 6.07) is 0.141. The number of hydrogen-bond donors (Lipinski definition) is 3. The fourth-order valence-electron chi connectivity index (χ4n) is 5.09. The molecule has 4 aliphatic rings. The highest BCUT2D eigenvalue weighted by molar-refractivity contribution is 6.25. The molecule has 29 heavy (non-hydrogen) atoms. The molecule has 158 valence electrons. The number of amides is 1. The van der Waals surface area contributed by atoms with Gasteiger partial charge >= 0.3 is 6.09 Å². The van der Waals surface area contributed by atoms with Gasteiger partial charge in [-0.3, -0.25) is 9.59 Å². The van der Waals surface area contributed by atoms with Crippen LogP contribution in [0.2, 0.25) is 0 Å². The van der Waals surface area contributed by atoms with Crippen LogP contribution in [0.15, 0.2) is 22.5 Å². The maximum Gasteiger partial charge on any atom is 0.404 e. The number of nitrogens with zero attached hydrogens (tertiary/aromatic N) is 1. The molecular formula is C20H28N4O5. The Bertz CT molecular complexity index is 835. The Morgan fingerprint density at radius 1 is 1.34 bits per heavy atom. The van der Waals surface area contributed by atoms with Crippen molar-refractivity contribution in [1.29, 1.82) is 0 Å². The van der Waals surface area contributed by atoms with Crippen molar-refractivity contribution in [3.05, 3.63) is 22.5 Å². The third-order valence-corrected chi connectivity index (χ3v) is 6.51. The Balaban J connectivity index is 1.69. The van der Waals surface area contributed by atoms with E-state index in [2.05, 4.69) is 17.6 Å². The molecule has 3 aliphatic heterocycles. The van der Waals surface area contributed by atoms with Crippen LogP contribution in [0.4, 0.5) is 4.79 Å². The summed E-state index contributed by atoms with van der Waals surface area (Å²) < 4.78 is 11.0. The molecule has 9 nitrogen and oxygen atoms in total. The second kappa shape index (κ2) is 7.14. The van der Waals surface area contributed by atoms with Crippen LogP contribution in [-0.4, -0.2) is 67.2 Å². The molecule has 0 aromatic heterocycles. The molecule has 4 atom stereocenters. The number of rotatable bonds is 8. The first-order valence-electron chi connectivity index (χ1n) is 10.2. The van der Waals surface area contributed by atoms with Crippen molar-refractivity contribution < 1.29 is 23.9 Å². The molecule has 3 heterocycles. The van der Waals surface area contributed by atoms with E-state index in [-0.39, 0.29) is 30.3 Å². The summed E-state index contributed by atoms with van der Waals surface area (Å²) in [4.78, 5) is 40.0. The first-order chi connectivity index (χ1) is 13.9. The van der Waals surface area contributed by atoms with Crippen LogP contribution in [0.5, 0.6) is 0 Å². The van der Waals surface area contributed by atoms with E-state index >= 15 is 0 Å². The van der Waals surface area contributed by atoms with Crippen molar-refractivity contribution in [2.24, 2.45) is 11.7 Å². The van der Waals surface area contributed by atoms with Crippen molar-refractivity contribution >= 4 is 17.7 Å². The number of carbonyl (C=O) groups excluding carboxylic acids is 3. The van der Waals surface area contributed by atoms with E-state index in [1.54, 1.807) is 14.0 Å². The van der Waals surface area contributed by atoms with E-state index in [0.717, 1.165) is 19.3 Å². The Labute approximate surface area is 169 Å². The first kappa shape index (κ1) is 19.9. The van der Waals surface area contributed by atoms with Crippen LogP contribution in [0.1, 0.15) is 33.1 Å². The van der Waals surface area contributed by atoms with Crippen LogP contribution in [0, 0.1) is 5.92 Å². The van der Waals surface area contributed by atoms with E-state index in [0.29, 0.717) is 35.6 Å². The molecule has 0 bridgehead atoms. The van der Waals surface area contributed by atoms with Crippen molar-refractivity contribution in [3.63, 3.8) is 0 Å². The maximum atomic E-state index is 13.5. The molecule has 0 radical (unpaired) electrons. The molecule has 0 aromatic carbocycles. The van der Waals surface area contributed by atoms with Gasteiger partial charge in [-0.2, -0.15) is 0 Å². The molecule has 0 saturated carbocycles. The number of methoxy groups -OCH3 is 1. The molecule has 2 saturated heterocycles. The normalized spacial score (nSPS) is 32.4. The standard InChI is InChI=1S/C20H28N4O5/c1-4-5-6-7-22-14-10(2)16(25)15-13(17(14)26)11(9-29-19(21)27)20(28-3)18-12(23-18)8-24(15)20/h11-12,18,22-23H,4-9H2,1-3H3,(H2,21,27). The van der Waals surface area contributed by atoms with Crippen molar-refractivity contribution in [2.45, 2.75) is 50.9 Å². The Morgan fingerprint density at radius 3 is 2.76 bits per heavy atom. The summed E-state index contributed by atoms with van der Waals surface area (Å²) in [6.45, 7) is 4.86. The number of hydrogen-bond acceptors (Lipinski definition) is 8. The number of ketones is 2. The maximum absolute atomic E-state index is 13.5. The van der Waals surface area contributed by atoms with Gasteiger partial charge in [0.2, 0.25) is 11.6 Å². The predicted octanol–water partition coefficient (Wildman–Crippen LogP) is 0.170. The smallest absolute Gasteiger partial charge is 0.404 e. The summed E-state index contributed by atoms with van der Waals surface area (Å²) in [5.41, 5.74) is 5.74. The number of allylic oxidation sites excluding steroid dienone is 2. The number of nitrogens with one attached hydrogen (secondary N) is 2. The minimum atomic E-state index is -0.936. The molecule has 0 spiro atoms. The molecule has 4 N–H and O–H groups in total. The van der Waals surface area contributed by atoms with Gasteiger partial charge < -0.3 is 30.7 Å². The highest BCUT2D eigenvalue weighted by Gasteiger charge is 2.72. The predicted molar refractivity (Wildman–Crippen MR) is 103 cm³/mol. The van der Waals surface area contributed by atoms with Gasteiger partial charge in [0.15, 0.2) is 5.72 Å². The van der Waals surface area contributed by atoms with E-state index in [1.165, 1.54) is 0 Å². The third kappa shape index (κ3) is 2.78. The fraction of sp³-hybridized carbons (Fsp3) is 0.650. The van der Waals surface area contributed by atoms with Crippen molar-refractivity contribution in [2.75, 3.05) is 26.8 Å². The summed E-state index contributed by atoms with van der Waals surface area (Å²) in [5, 5.41) is 6.51. The highest BCUT2D eigenvalue weighted by atomic mass is 16.6. The Kier molecular flexibility index (Phi) is 4.90. The number of primary amides is 1. The second-order valence-corrected chi connectivity index (χ2v) is 8.05. The molecule has 1 amide bonds. The lowest BCUT2D eigenvalue weighted by Gasteiger charge is -2.39. The van der Waals surface area contributed by atoms with E-state index in [9.17, 15) is 14.4 Å². The number of piperazine rings is 1. The number of nitrogens with two attached hydrogens (primary N) is 1. The van der Waals surface area contributed by atoms with E-state index < -0.39 is 17.7 Å². The van der Waals surface area contributed by atoms with Crippen LogP contribution < -0.4 is 16.4 Å². The number of unbranched alkanes of at least 4 members (excludes halogenated alkanes) is 2. The van der Waals surface area contributed by atoms with Crippen LogP contribution in [0.25, 0.3) is 0 Å². The van der Waals surface area contributed by atoms with Crippen molar-refractivity contribution in [3.8, 4) is 0 Å². The van der Waals surface area contributed by atoms with E-state index in [1.807, 2.05) is 4.90 Å². The zero-order chi connectivity index (χ0) is 20.9. The largest absolute Gasteiger partial charge is 0.449 e. The average molecular weight is 404 g/mol. The highest BCUT2D eigenvalue weighted by Crippen LogP contribution is 2.55. The van der Waals surface area contributed by atoms with Gasteiger partial charge in [-0.05, 0) is 13.3 Å². The lowest BCUT2D eigenvalue weighted by molar-refractivity contribution is -0.137. The molecule has 9 heteroatoms. The van der Waals surface area contributed by atoms with Gasteiger partial charge in [0.1, 0.15) is 6.61 Å². The van der Waals surface area contributed by atoms with Gasteiger partial charge in [-0.25, -0.2) is 4.79 Å². The fourth-order valence-corrected chi connectivity index (χ4v) is 5.09. The van der Waals surface area contributed by atoms with Gasteiger partial charge in [0.25, 0.3) is 0 Å². The topological polar surface area (TPSA) is 133 Å². The van der Waals surface area contributed by atoms with Crippen LogP contribution in [0.3, 0.4) is 0 Å². The molecule has 2 fully saturated rings. The van der Waals surface area contributed by atoms with Crippen molar-refractivity contribution in [1.82, 2.24) is 15.5 Å².